The number of esters is 2. The molecule has 0 atom stereocenters. The molecule has 0 saturated carbocycles. The molecule has 2 heterocycles. The van der Waals surface area contributed by atoms with Crippen molar-refractivity contribution in [2.75, 3.05) is 6.61 Å². The van der Waals surface area contributed by atoms with Crippen molar-refractivity contribution < 1.29 is 23.8 Å². The summed E-state index contributed by atoms with van der Waals surface area (Å²) < 4.78 is 18.4. The van der Waals surface area contributed by atoms with Crippen LogP contribution in [0.25, 0.3) is 22.3 Å². The zero-order chi connectivity index (χ0) is 24.1. The summed E-state index contributed by atoms with van der Waals surface area (Å²) in [4.78, 5) is 30.3. The fraction of sp³-hybridized carbons (Fsp3) is 0.348. The molecule has 1 N–H and O–H groups in total. The van der Waals surface area contributed by atoms with Crippen molar-refractivity contribution in [2.45, 2.75) is 46.8 Å². The van der Waals surface area contributed by atoms with E-state index in [1.54, 1.807) is 12.1 Å². The number of fused-ring (bicyclic) bond motifs is 1. The lowest BCUT2D eigenvalue weighted by molar-refractivity contribution is -0.132. The van der Waals surface area contributed by atoms with E-state index < -0.39 is 11.9 Å². The molecule has 1 aromatic carbocycles. The van der Waals surface area contributed by atoms with Crippen LogP contribution < -0.4 is 9.47 Å². The zero-order valence-electron chi connectivity index (χ0n) is 18.8. The van der Waals surface area contributed by atoms with E-state index in [2.05, 4.69) is 16.0 Å². The van der Waals surface area contributed by atoms with Gasteiger partial charge in [0.25, 0.3) is 0 Å². The first-order valence-corrected chi connectivity index (χ1v) is 10.8. The van der Waals surface area contributed by atoms with Crippen LogP contribution >= 0.6 is 12.2 Å². The molecule has 0 saturated heterocycles. The molecular formula is C23H24N4O5S. The molecule has 0 radical (unpaired) electrons. The fourth-order valence-corrected chi connectivity index (χ4v) is 3.80. The lowest BCUT2D eigenvalue weighted by Crippen LogP contribution is -2.09. The van der Waals surface area contributed by atoms with Crippen LogP contribution in [0.5, 0.6) is 11.5 Å². The average molecular weight is 469 g/mol. The van der Waals surface area contributed by atoms with E-state index in [-0.39, 0.29) is 17.6 Å². The third-order valence-corrected chi connectivity index (χ3v) is 4.92. The van der Waals surface area contributed by atoms with Crippen molar-refractivity contribution >= 4 is 35.2 Å². The van der Waals surface area contributed by atoms with Gasteiger partial charge in [0.05, 0.1) is 23.6 Å². The standard InChI is InChI=1S/C23H24N4O5S/c1-13(2)30-7-5-6-27-21(19(11-24)20-22(27)23(33)26-12-25-20)16-8-17(31-14(3)28)10-18(9-16)32-15(4)29/h8-10,12-13H,5-7H2,1-4H3,(H,25,26,33). The minimum absolute atomic E-state index is 0.0942. The molecule has 3 rings (SSSR count). The van der Waals surface area contributed by atoms with E-state index in [1.165, 1.54) is 26.2 Å². The predicted octanol–water partition coefficient (Wildman–Crippen LogP) is 4.30. The normalized spacial score (nSPS) is 10.9. The SMILES string of the molecule is CC(=O)Oc1cc(OC(C)=O)cc(-c2c(C#N)c3[nH]cnc(=S)c3n2CCCOC(C)C)c1. The zero-order valence-corrected chi connectivity index (χ0v) is 19.6. The van der Waals surface area contributed by atoms with E-state index in [9.17, 15) is 14.9 Å². The molecule has 0 amide bonds. The summed E-state index contributed by atoms with van der Waals surface area (Å²) >= 11 is 5.47. The number of rotatable bonds is 8. The third kappa shape index (κ3) is 5.63. The Bertz CT molecular complexity index is 1270. The highest BCUT2D eigenvalue weighted by Gasteiger charge is 2.22. The van der Waals surface area contributed by atoms with Crippen molar-refractivity contribution in [3.63, 3.8) is 0 Å². The van der Waals surface area contributed by atoms with Crippen molar-refractivity contribution in [1.29, 1.82) is 5.26 Å². The van der Waals surface area contributed by atoms with Crippen molar-refractivity contribution in [1.82, 2.24) is 14.5 Å². The molecule has 0 spiro atoms. The molecule has 0 aliphatic carbocycles. The number of hydrogen-bond acceptors (Lipinski definition) is 8. The van der Waals surface area contributed by atoms with Crippen molar-refractivity contribution in [3.05, 3.63) is 34.7 Å². The van der Waals surface area contributed by atoms with Crippen LogP contribution in [0.4, 0.5) is 0 Å². The Balaban J connectivity index is 2.24. The minimum atomic E-state index is -0.529. The van der Waals surface area contributed by atoms with Gasteiger partial charge >= 0.3 is 11.9 Å². The van der Waals surface area contributed by atoms with Gasteiger partial charge in [0.15, 0.2) is 4.64 Å². The number of nitriles is 1. The first-order valence-electron chi connectivity index (χ1n) is 10.3. The highest BCUT2D eigenvalue weighted by molar-refractivity contribution is 7.71. The first-order chi connectivity index (χ1) is 15.7. The second-order valence-electron chi connectivity index (χ2n) is 7.57. The van der Waals surface area contributed by atoms with Gasteiger partial charge < -0.3 is 23.8 Å². The highest BCUT2D eigenvalue weighted by Crippen LogP contribution is 2.37. The Morgan fingerprint density at radius 2 is 1.82 bits per heavy atom. The number of hydrogen-bond donors (Lipinski definition) is 1. The topological polar surface area (TPSA) is 119 Å². The Hall–Kier alpha value is -3.55. The number of benzene rings is 1. The summed E-state index contributed by atoms with van der Waals surface area (Å²) in [5.74, 6) is -0.696. The van der Waals surface area contributed by atoms with Crippen LogP contribution in [0.15, 0.2) is 24.5 Å². The van der Waals surface area contributed by atoms with Gasteiger partial charge in [-0.25, -0.2) is 4.98 Å². The largest absolute Gasteiger partial charge is 0.427 e. The summed E-state index contributed by atoms with van der Waals surface area (Å²) in [7, 11) is 0. The monoisotopic (exact) mass is 468 g/mol. The Kier molecular flexibility index (Phi) is 7.58. The molecule has 10 heteroatoms. The maximum absolute atomic E-state index is 11.6. The first kappa shape index (κ1) is 24.1. The number of ether oxygens (including phenoxy) is 3. The van der Waals surface area contributed by atoms with Gasteiger partial charge in [-0.05, 0) is 32.4 Å². The van der Waals surface area contributed by atoms with E-state index in [1.807, 2.05) is 18.4 Å². The molecule has 0 bridgehead atoms. The van der Waals surface area contributed by atoms with Gasteiger partial charge in [-0.3, -0.25) is 9.59 Å². The number of carbonyl (C=O) groups is 2. The third-order valence-electron chi connectivity index (χ3n) is 4.62. The van der Waals surface area contributed by atoms with Crippen molar-refractivity contribution in [3.8, 4) is 28.8 Å². The Labute approximate surface area is 195 Å². The second kappa shape index (κ2) is 10.4. The fourth-order valence-electron chi connectivity index (χ4n) is 3.53. The predicted molar refractivity (Wildman–Crippen MR) is 123 cm³/mol. The Morgan fingerprint density at radius 3 is 2.36 bits per heavy atom. The maximum Gasteiger partial charge on any atom is 0.308 e. The summed E-state index contributed by atoms with van der Waals surface area (Å²) in [5.41, 5.74) is 2.55. The average Bonchev–Trinajstić information content (AvgIpc) is 3.04. The summed E-state index contributed by atoms with van der Waals surface area (Å²) in [5, 5.41) is 10.0. The second-order valence-corrected chi connectivity index (χ2v) is 7.96. The van der Waals surface area contributed by atoms with Crippen LogP contribution in [0.3, 0.4) is 0 Å². The van der Waals surface area contributed by atoms with Crippen LogP contribution in [-0.2, 0) is 20.9 Å². The summed E-state index contributed by atoms with van der Waals surface area (Å²) in [6, 6.07) is 6.90. The van der Waals surface area contributed by atoms with Gasteiger partial charge in [0.2, 0.25) is 0 Å². The van der Waals surface area contributed by atoms with E-state index in [0.29, 0.717) is 52.1 Å². The van der Waals surface area contributed by atoms with Crippen LogP contribution in [0.2, 0.25) is 0 Å². The molecule has 172 valence electrons. The lowest BCUT2D eigenvalue weighted by atomic mass is 10.1. The molecule has 0 fully saturated rings. The lowest BCUT2D eigenvalue weighted by Gasteiger charge is -2.14. The van der Waals surface area contributed by atoms with Gasteiger partial charge in [0, 0.05) is 38.6 Å². The number of aromatic amines is 1. The Morgan fingerprint density at radius 1 is 1.18 bits per heavy atom. The van der Waals surface area contributed by atoms with Gasteiger partial charge in [-0.2, -0.15) is 5.26 Å². The molecule has 0 aliphatic heterocycles. The highest BCUT2D eigenvalue weighted by atomic mass is 32.1. The van der Waals surface area contributed by atoms with Crippen LogP contribution in [0.1, 0.15) is 39.7 Å². The number of aromatic nitrogens is 3. The molecule has 33 heavy (non-hydrogen) atoms. The van der Waals surface area contributed by atoms with Crippen LogP contribution in [-0.4, -0.2) is 39.2 Å². The summed E-state index contributed by atoms with van der Waals surface area (Å²) in [6.07, 6.45) is 2.20. The molecule has 0 aliphatic rings. The smallest absolute Gasteiger partial charge is 0.308 e. The molecule has 9 nitrogen and oxygen atoms in total. The maximum atomic E-state index is 11.6. The van der Waals surface area contributed by atoms with Crippen LogP contribution in [0, 0.1) is 16.0 Å². The van der Waals surface area contributed by atoms with Gasteiger partial charge in [0.1, 0.15) is 28.6 Å². The molecule has 2 aromatic heterocycles. The molecule has 3 aromatic rings. The van der Waals surface area contributed by atoms with E-state index >= 15 is 0 Å². The number of aryl methyl sites for hydroxylation is 1. The minimum Gasteiger partial charge on any atom is -0.427 e. The number of nitrogens with one attached hydrogen (secondary N) is 1. The quantitative estimate of drug-likeness (QED) is 0.225. The number of H-pyrrole nitrogens is 1. The number of carbonyl (C=O) groups excluding carboxylic acids is 2. The van der Waals surface area contributed by atoms with Gasteiger partial charge in [-0.15, -0.1) is 0 Å². The van der Waals surface area contributed by atoms with E-state index in [0.717, 1.165) is 0 Å². The molecular weight excluding hydrogens is 444 g/mol. The number of nitrogens with zero attached hydrogens (tertiary/aromatic N) is 3. The van der Waals surface area contributed by atoms with E-state index in [4.69, 9.17) is 26.4 Å². The van der Waals surface area contributed by atoms with Gasteiger partial charge in [-0.1, -0.05) is 12.2 Å². The molecule has 0 unspecified atom stereocenters. The summed E-state index contributed by atoms with van der Waals surface area (Å²) in [6.45, 7) is 7.47. The van der Waals surface area contributed by atoms with Crippen molar-refractivity contribution in [2.24, 2.45) is 0 Å².